The first-order valence-electron chi connectivity index (χ1n) is 10.4. The van der Waals surface area contributed by atoms with Gasteiger partial charge in [0.05, 0.1) is 0 Å². The molecule has 0 amide bonds. The van der Waals surface area contributed by atoms with Crippen molar-refractivity contribution in [1.82, 2.24) is 15.5 Å². The van der Waals surface area contributed by atoms with Gasteiger partial charge in [0.1, 0.15) is 0 Å². The van der Waals surface area contributed by atoms with Crippen LogP contribution in [-0.4, -0.2) is 62.3 Å². The third-order valence-electron chi connectivity index (χ3n) is 6.53. The van der Waals surface area contributed by atoms with Crippen LogP contribution < -0.4 is 10.6 Å². The number of guanidine groups is 1. The Labute approximate surface area is 154 Å². The molecule has 2 heterocycles. The maximum Gasteiger partial charge on any atom is 0.191 e. The third-order valence-corrected chi connectivity index (χ3v) is 6.53. The number of nitrogens with zero attached hydrogens (tertiary/aromatic N) is 2. The molecule has 2 N–H and O–H groups in total. The maximum atomic E-state index is 5.66. The van der Waals surface area contributed by atoms with Crippen LogP contribution in [0.15, 0.2) is 4.99 Å². The first-order chi connectivity index (χ1) is 12.1. The van der Waals surface area contributed by atoms with Crippen LogP contribution in [0.1, 0.15) is 58.8 Å². The molecule has 5 nitrogen and oxygen atoms in total. The molecular formula is C20H38N4O. The minimum Gasteiger partial charge on any atom is -0.381 e. The van der Waals surface area contributed by atoms with Crippen molar-refractivity contribution in [1.29, 1.82) is 0 Å². The molecule has 1 aliphatic carbocycles. The van der Waals surface area contributed by atoms with E-state index in [1.54, 1.807) is 0 Å². The van der Waals surface area contributed by atoms with E-state index >= 15 is 0 Å². The number of likely N-dealkylation sites (tertiary alicyclic amines) is 1. The first kappa shape index (κ1) is 19.0. The van der Waals surface area contributed by atoms with Crippen molar-refractivity contribution in [3.05, 3.63) is 0 Å². The molecule has 0 aromatic heterocycles. The fourth-order valence-corrected chi connectivity index (χ4v) is 5.25. The highest BCUT2D eigenvalue weighted by molar-refractivity contribution is 5.80. The molecule has 2 aliphatic heterocycles. The lowest BCUT2D eigenvalue weighted by Gasteiger charge is -2.45. The van der Waals surface area contributed by atoms with Gasteiger partial charge in [-0.05, 0) is 69.9 Å². The molecule has 2 atom stereocenters. The number of nitrogens with one attached hydrogen (secondary N) is 2. The van der Waals surface area contributed by atoms with Crippen molar-refractivity contribution in [2.45, 2.75) is 70.4 Å². The summed E-state index contributed by atoms with van der Waals surface area (Å²) in [7, 11) is 1.90. The fraction of sp³-hybridized carbons (Fsp3) is 0.950. The minimum atomic E-state index is 0.250. The van der Waals surface area contributed by atoms with E-state index in [9.17, 15) is 0 Å². The van der Waals surface area contributed by atoms with Gasteiger partial charge in [-0.15, -0.1) is 0 Å². The largest absolute Gasteiger partial charge is 0.381 e. The fourth-order valence-electron chi connectivity index (χ4n) is 5.25. The van der Waals surface area contributed by atoms with E-state index in [0.717, 1.165) is 50.4 Å². The van der Waals surface area contributed by atoms with E-state index in [4.69, 9.17) is 4.74 Å². The Morgan fingerprint density at radius 1 is 1.08 bits per heavy atom. The summed E-state index contributed by atoms with van der Waals surface area (Å²) in [6, 6.07) is 0.558. The number of aliphatic imine (C=N–C) groups is 1. The second-order valence-electron chi connectivity index (χ2n) is 8.72. The zero-order valence-electron chi connectivity index (χ0n) is 16.5. The summed E-state index contributed by atoms with van der Waals surface area (Å²) >= 11 is 0. The summed E-state index contributed by atoms with van der Waals surface area (Å²) in [5.41, 5.74) is 0.250. The van der Waals surface area contributed by atoms with Gasteiger partial charge in [-0.1, -0.05) is 13.8 Å². The van der Waals surface area contributed by atoms with Crippen molar-refractivity contribution in [2.24, 2.45) is 16.8 Å². The molecule has 1 saturated carbocycles. The quantitative estimate of drug-likeness (QED) is 0.604. The summed E-state index contributed by atoms with van der Waals surface area (Å²) in [5.74, 6) is 2.60. The number of rotatable bonds is 4. The van der Waals surface area contributed by atoms with Crippen LogP contribution in [0.25, 0.3) is 0 Å². The third kappa shape index (κ3) is 4.88. The van der Waals surface area contributed by atoms with Gasteiger partial charge in [0.25, 0.3) is 0 Å². The highest BCUT2D eigenvalue weighted by Crippen LogP contribution is 2.31. The van der Waals surface area contributed by atoms with Crippen LogP contribution in [-0.2, 0) is 4.74 Å². The van der Waals surface area contributed by atoms with Gasteiger partial charge < -0.3 is 15.4 Å². The van der Waals surface area contributed by atoms with E-state index in [-0.39, 0.29) is 5.54 Å². The summed E-state index contributed by atoms with van der Waals surface area (Å²) in [5, 5.41) is 7.38. The molecule has 2 unspecified atom stereocenters. The van der Waals surface area contributed by atoms with Crippen molar-refractivity contribution < 1.29 is 4.74 Å². The predicted octanol–water partition coefficient (Wildman–Crippen LogP) is 2.62. The van der Waals surface area contributed by atoms with Gasteiger partial charge in [-0.25, -0.2) is 0 Å². The van der Waals surface area contributed by atoms with Gasteiger partial charge in [0.15, 0.2) is 5.96 Å². The zero-order chi connectivity index (χ0) is 17.7. The first-order valence-corrected chi connectivity index (χ1v) is 10.4. The molecule has 0 aromatic rings. The summed E-state index contributed by atoms with van der Waals surface area (Å²) < 4.78 is 5.66. The minimum absolute atomic E-state index is 0.250. The second kappa shape index (κ2) is 8.72. The van der Waals surface area contributed by atoms with Crippen LogP contribution in [0, 0.1) is 11.8 Å². The van der Waals surface area contributed by atoms with Gasteiger partial charge in [-0.2, -0.15) is 0 Å². The average molecular weight is 351 g/mol. The van der Waals surface area contributed by atoms with Crippen LogP contribution in [0.4, 0.5) is 0 Å². The van der Waals surface area contributed by atoms with Crippen LogP contribution in [0.3, 0.4) is 0 Å². The predicted molar refractivity (Wildman–Crippen MR) is 104 cm³/mol. The summed E-state index contributed by atoms with van der Waals surface area (Å²) in [6.45, 7) is 10.0. The lowest BCUT2D eigenvalue weighted by Crippen LogP contribution is -2.59. The number of hydrogen-bond acceptors (Lipinski definition) is 3. The molecule has 0 bridgehead atoms. The van der Waals surface area contributed by atoms with Crippen molar-refractivity contribution >= 4 is 5.96 Å². The normalized spacial score (nSPS) is 34.0. The molecule has 0 radical (unpaired) electrons. The Kier molecular flexibility index (Phi) is 6.61. The Morgan fingerprint density at radius 2 is 1.72 bits per heavy atom. The number of ether oxygens (including phenoxy) is 1. The van der Waals surface area contributed by atoms with Gasteiger partial charge in [0, 0.05) is 38.4 Å². The SMILES string of the molecule is CN=C(NCC1(N2CCCC2)CCOCC1)NC1CC(C)CC(C)C1. The van der Waals surface area contributed by atoms with Gasteiger partial charge in [-0.3, -0.25) is 9.89 Å². The Bertz CT molecular complexity index is 431. The zero-order valence-corrected chi connectivity index (χ0v) is 16.5. The molecule has 0 aromatic carbocycles. The highest BCUT2D eigenvalue weighted by atomic mass is 16.5. The molecule has 25 heavy (non-hydrogen) atoms. The highest BCUT2D eigenvalue weighted by Gasteiger charge is 2.39. The topological polar surface area (TPSA) is 48.9 Å². The monoisotopic (exact) mass is 350 g/mol. The molecule has 0 spiro atoms. The summed E-state index contributed by atoms with van der Waals surface area (Å²) in [6.07, 6.45) is 8.83. The van der Waals surface area contributed by atoms with Crippen LogP contribution >= 0.6 is 0 Å². The molecule has 5 heteroatoms. The van der Waals surface area contributed by atoms with E-state index < -0.39 is 0 Å². The summed E-state index contributed by atoms with van der Waals surface area (Å²) in [4.78, 5) is 7.23. The molecule has 3 aliphatic rings. The Balaban J connectivity index is 1.57. The molecule has 3 fully saturated rings. The van der Waals surface area contributed by atoms with Crippen molar-refractivity contribution in [3.8, 4) is 0 Å². The number of hydrogen-bond donors (Lipinski definition) is 2. The lowest BCUT2D eigenvalue weighted by molar-refractivity contribution is -0.0164. The molecular weight excluding hydrogens is 312 g/mol. The standard InChI is InChI=1S/C20H38N4O/c1-16-12-17(2)14-18(13-16)23-19(21-3)22-15-20(6-10-25-11-7-20)24-8-4-5-9-24/h16-18H,4-15H2,1-3H3,(H2,21,22,23). The van der Waals surface area contributed by atoms with Gasteiger partial charge in [0.2, 0.25) is 0 Å². The van der Waals surface area contributed by atoms with Crippen molar-refractivity contribution in [2.75, 3.05) is 39.9 Å². The average Bonchev–Trinajstić information content (AvgIpc) is 3.14. The smallest absolute Gasteiger partial charge is 0.191 e. The van der Waals surface area contributed by atoms with E-state index in [1.165, 1.54) is 45.2 Å². The van der Waals surface area contributed by atoms with E-state index in [1.807, 2.05) is 7.05 Å². The Hall–Kier alpha value is -0.810. The molecule has 144 valence electrons. The lowest BCUT2D eigenvalue weighted by atomic mass is 9.80. The van der Waals surface area contributed by atoms with E-state index in [0.29, 0.717) is 6.04 Å². The van der Waals surface area contributed by atoms with Crippen LogP contribution in [0.5, 0.6) is 0 Å². The van der Waals surface area contributed by atoms with Gasteiger partial charge >= 0.3 is 0 Å². The molecule has 2 saturated heterocycles. The van der Waals surface area contributed by atoms with Crippen molar-refractivity contribution in [3.63, 3.8) is 0 Å². The maximum absolute atomic E-state index is 5.66. The van der Waals surface area contributed by atoms with E-state index in [2.05, 4.69) is 34.4 Å². The Morgan fingerprint density at radius 3 is 2.32 bits per heavy atom. The second-order valence-corrected chi connectivity index (χ2v) is 8.72. The van der Waals surface area contributed by atoms with Crippen LogP contribution in [0.2, 0.25) is 0 Å². The molecule has 3 rings (SSSR count).